The molecule has 0 saturated carbocycles. The highest BCUT2D eigenvalue weighted by Crippen LogP contribution is 2.39. The Balaban J connectivity index is 1.77. The van der Waals surface area contributed by atoms with Crippen molar-refractivity contribution < 1.29 is 24.2 Å². The van der Waals surface area contributed by atoms with Gasteiger partial charge in [0, 0.05) is 11.4 Å². The van der Waals surface area contributed by atoms with Gasteiger partial charge in [-0.05, 0) is 42.0 Å². The maximum absolute atomic E-state index is 13.4. The SMILES string of the molecule is COc1cc([C@H]2Nc3ccccc3C(=O)N2c2ccccc2)ccc1OCC(=O)[O-]. The van der Waals surface area contributed by atoms with Crippen molar-refractivity contribution in [2.45, 2.75) is 6.17 Å². The van der Waals surface area contributed by atoms with Crippen molar-refractivity contribution in [2.75, 3.05) is 23.9 Å². The van der Waals surface area contributed by atoms with E-state index in [0.717, 1.165) is 16.9 Å². The van der Waals surface area contributed by atoms with Gasteiger partial charge in [-0.15, -0.1) is 0 Å². The Labute approximate surface area is 173 Å². The number of carboxylic acids is 1. The van der Waals surface area contributed by atoms with Crippen LogP contribution in [-0.2, 0) is 4.79 Å². The predicted octanol–water partition coefficient (Wildman–Crippen LogP) is 2.59. The Morgan fingerprint density at radius 3 is 2.50 bits per heavy atom. The molecule has 1 atom stereocenters. The minimum atomic E-state index is -1.33. The second-order valence-electron chi connectivity index (χ2n) is 6.67. The van der Waals surface area contributed by atoms with E-state index in [1.165, 1.54) is 7.11 Å². The number of carbonyl (C=O) groups excluding carboxylic acids is 2. The third-order valence-electron chi connectivity index (χ3n) is 4.81. The van der Waals surface area contributed by atoms with Gasteiger partial charge >= 0.3 is 0 Å². The maximum Gasteiger partial charge on any atom is 0.262 e. The van der Waals surface area contributed by atoms with Gasteiger partial charge in [0.1, 0.15) is 12.8 Å². The van der Waals surface area contributed by atoms with Crippen LogP contribution in [0.3, 0.4) is 0 Å². The molecule has 1 aliphatic heterocycles. The standard InChI is InChI=1S/C23H20N2O5/c1-29-20-13-15(11-12-19(20)30-14-21(26)27)22-24-18-10-6-5-9-17(18)23(28)25(22)16-7-3-2-4-8-16/h2-13,22,24H,14H2,1H3,(H,26,27)/p-1/t22-/m0/s1. The highest BCUT2D eigenvalue weighted by atomic mass is 16.5. The number of para-hydroxylation sites is 2. The Kier molecular flexibility index (Phi) is 5.26. The first kappa shape index (κ1) is 19.3. The molecule has 3 aromatic rings. The molecule has 1 heterocycles. The molecular weight excluding hydrogens is 384 g/mol. The normalized spacial score (nSPS) is 15.2. The zero-order valence-corrected chi connectivity index (χ0v) is 16.2. The van der Waals surface area contributed by atoms with E-state index in [4.69, 9.17) is 9.47 Å². The summed E-state index contributed by atoms with van der Waals surface area (Å²) in [6.45, 7) is -0.584. The van der Waals surface area contributed by atoms with Crippen molar-refractivity contribution in [1.29, 1.82) is 0 Å². The van der Waals surface area contributed by atoms with Crippen LogP contribution in [0.1, 0.15) is 22.1 Å². The van der Waals surface area contributed by atoms with Gasteiger partial charge in [-0.3, -0.25) is 9.69 Å². The zero-order valence-electron chi connectivity index (χ0n) is 16.2. The van der Waals surface area contributed by atoms with E-state index >= 15 is 0 Å². The van der Waals surface area contributed by atoms with Gasteiger partial charge in [0.25, 0.3) is 5.91 Å². The fraction of sp³-hybridized carbons (Fsp3) is 0.130. The molecule has 4 rings (SSSR count). The molecule has 0 fully saturated rings. The predicted molar refractivity (Wildman–Crippen MR) is 110 cm³/mol. The van der Waals surface area contributed by atoms with Crippen molar-refractivity contribution in [2.24, 2.45) is 0 Å². The molecule has 7 heteroatoms. The summed E-state index contributed by atoms with van der Waals surface area (Å²) < 4.78 is 10.6. The summed E-state index contributed by atoms with van der Waals surface area (Å²) >= 11 is 0. The number of amides is 1. The van der Waals surface area contributed by atoms with Crippen molar-refractivity contribution in [3.8, 4) is 11.5 Å². The molecule has 1 aliphatic rings. The highest BCUT2D eigenvalue weighted by molar-refractivity contribution is 6.12. The molecule has 152 valence electrons. The first-order valence-electron chi connectivity index (χ1n) is 9.33. The quantitative estimate of drug-likeness (QED) is 0.680. The zero-order chi connectivity index (χ0) is 21.1. The summed E-state index contributed by atoms with van der Waals surface area (Å²) in [6.07, 6.45) is -0.501. The Morgan fingerprint density at radius 2 is 1.77 bits per heavy atom. The summed E-state index contributed by atoms with van der Waals surface area (Å²) in [5.41, 5.74) is 2.81. The number of aliphatic carboxylic acids is 1. The molecule has 0 aliphatic carbocycles. The van der Waals surface area contributed by atoms with E-state index < -0.39 is 18.7 Å². The smallest absolute Gasteiger partial charge is 0.262 e. The van der Waals surface area contributed by atoms with Crippen molar-refractivity contribution in [1.82, 2.24) is 0 Å². The molecule has 0 bridgehead atoms. The van der Waals surface area contributed by atoms with Crippen molar-refractivity contribution >= 4 is 23.3 Å². The Bertz CT molecular complexity index is 1080. The van der Waals surface area contributed by atoms with E-state index in [-0.39, 0.29) is 11.7 Å². The van der Waals surface area contributed by atoms with Gasteiger partial charge in [-0.2, -0.15) is 0 Å². The summed E-state index contributed by atoms with van der Waals surface area (Å²) in [5.74, 6) is -0.821. The minimum Gasteiger partial charge on any atom is -0.546 e. The number of hydrogen-bond donors (Lipinski definition) is 1. The monoisotopic (exact) mass is 403 g/mol. The molecule has 7 nitrogen and oxygen atoms in total. The highest BCUT2D eigenvalue weighted by Gasteiger charge is 2.34. The average molecular weight is 403 g/mol. The molecule has 0 radical (unpaired) electrons. The summed E-state index contributed by atoms with van der Waals surface area (Å²) in [5, 5.41) is 14.1. The molecule has 3 aromatic carbocycles. The number of benzene rings is 3. The van der Waals surface area contributed by atoms with Crippen molar-refractivity contribution in [3.05, 3.63) is 83.9 Å². The first-order chi connectivity index (χ1) is 14.6. The Morgan fingerprint density at radius 1 is 1.03 bits per heavy atom. The molecular formula is C23H19N2O5-. The lowest BCUT2D eigenvalue weighted by atomic mass is 10.0. The van der Waals surface area contributed by atoms with Crippen LogP contribution in [0.5, 0.6) is 11.5 Å². The van der Waals surface area contributed by atoms with E-state index in [1.54, 1.807) is 29.2 Å². The number of fused-ring (bicyclic) bond motifs is 1. The van der Waals surface area contributed by atoms with Crippen LogP contribution in [0.2, 0.25) is 0 Å². The number of nitrogens with one attached hydrogen (secondary N) is 1. The number of carbonyl (C=O) groups is 2. The molecule has 0 saturated heterocycles. The number of anilines is 2. The average Bonchev–Trinajstić information content (AvgIpc) is 2.78. The van der Waals surface area contributed by atoms with Crippen LogP contribution >= 0.6 is 0 Å². The van der Waals surface area contributed by atoms with Gasteiger partial charge in [0.05, 0.1) is 18.6 Å². The molecule has 0 unspecified atom stereocenters. The lowest BCUT2D eigenvalue weighted by Gasteiger charge is -2.38. The van der Waals surface area contributed by atoms with Gasteiger partial charge < -0.3 is 24.7 Å². The van der Waals surface area contributed by atoms with Crippen LogP contribution in [0.4, 0.5) is 11.4 Å². The van der Waals surface area contributed by atoms with Crippen molar-refractivity contribution in [3.63, 3.8) is 0 Å². The topological polar surface area (TPSA) is 90.9 Å². The second kappa shape index (κ2) is 8.16. The van der Waals surface area contributed by atoms with Gasteiger partial charge in [0.15, 0.2) is 11.5 Å². The molecule has 0 spiro atoms. The summed E-state index contributed by atoms with van der Waals surface area (Å²) in [4.78, 5) is 25.7. The van der Waals surface area contributed by atoms with Crippen LogP contribution in [-0.4, -0.2) is 25.6 Å². The second-order valence-corrected chi connectivity index (χ2v) is 6.67. The molecule has 1 N–H and O–H groups in total. The minimum absolute atomic E-state index is 0.128. The molecule has 1 amide bonds. The van der Waals surface area contributed by atoms with E-state index in [1.807, 2.05) is 48.5 Å². The first-order valence-corrected chi connectivity index (χ1v) is 9.33. The van der Waals surface area contributed by atoms with Crippen LogP contribution < -0.4 is 24.8 Å². The van der Waals surface area contributed by atoms with E-state index in [0.29, 0.717) is 11.3 Å². The maximum atomic E-state index is 13.4. The van der Waals surface area contributed by atoms with Crippen LogP contribution in [0.25, 0.3) is 0 Å². The number of hydrogen-bond acceptors (Lipinski definition) is 6. The third-order valence-corrected chi connectivity index (χ3v) is 4.81. The van der Waals surface area contributed by atoms with Gasteiger partial charge in [0.2, 0.25) is 0 Å². The fourth-order valence-corrected chi connectivity index (χ4v) is 3.45. The molecule has 0 aromatic heterocycles. The van der Waals surface area contributed by atoms with Gasteiger partial charge in [-0.25, -0.2) is 0 Å². The van der Waals surface area contributed by atoms with E-state index in [9.17, 15) is 14.7 Å². The number of nitrogens with zero attached hydrogens (tertiary/aromatic N) is 1. The summed E-state index contributed by atoms with van der Waals surface area (Å²) in [6, 6.07) is 21.8. The lowest BCUT2D eigenvalue weighted by Crippen LogP contribution is -2.43. The van der Waals surface area contributed by atoms with Crippen LogP contribution in [0.15, 0.2) is 72.8 Å². The largest absolute Gasteiger partial charge is 0.546 e. The Hall–Kier alpha value is -4.00. The number of carboxylic acid groups (broad SMARTS) is 1. The number of ether oxygens (including phenoxy) is 2. The van der Waals surface area contributed by atoms with Crippen LogP contribution in [0, 0.1) is 0 Å². The lowest BCUT2D eigenvalue weighted by molar-refractivity contribution is -0.307. The fourth-order valence-electron chi connectivity index (χ4n) is 3.45. The molecule has 30 heavy (non-hydrogen) atoms. The summed E-state index contributed by atoms with van der Waals surface area (Å²) in [7, 11) is 1.47. The number of methoxy groups -OCH3 is 1. The van der Waals surface area contributed by atoms with Gasteiger partial charge in [-0.1, -0.05) is 36.4 Å². The number of rotatable bonds is 6. The third kappa shape index (κ3) is 3.65. The van der Waals surface area contributed by atoms with E-state index in [2.05, 4.69) is 5.32 Å².